The Balaban J connectivity index is 0.00000341. The second-order valence-corrected chi connectivity index (χ2v) is 7.76. The fraction of sp³-hybridized carbons (Fsp3) is 0.375. The first kappa shape index (κ1) is 22.4. The Morgan fingerprint density at radius 1 is 1.17 bits per heavy atom. The van der Waals surface area contributed by atoms with Crippen LogP contribution in [0, 0.1) is 23.3 Å². The average Bonchev–Trinajstić information content (AvgIpc) is 3.16. The second kappa shape index (κ2) is 8.82. The van der Waals surface area contributed by atoms with Gasteiger partial charge in [0.2, 0.25) is 5.82 Å². The number of rotatable bonds is 7. The molecule has 1 aliphatic rings. The van der Waals surface area contributed by atoms with E-state index >= 15 is 0 Å². The van der Waals surface area contributed by atoms with E-state index in [-0.39, 0.29) is 14.3 Å². The van der Waals surface area contributed by atoms with E-state index in [1.807, 2.05) is 0 Å². The summed E-state index contributed by atoms with van der Waals surface area (Å²) >= 11 is 0. The normalized spacial score (nSPS) is 21.0. The van der Waals surface area contributed by atoms with Gasteiger partial charge in [-0.3, -0.25) is 23.4 Å². The number of aromatic amines is 1. The Morgan fingerprint density at radius 3 is 2.63 bits per heavy atom. The molecule has 0 bridgehead atoms. The quantitative estimate of drug-likeness (QED) is 0.373. The molecule has 0 spiro atoms. The molecule has 1 aromatic heterocycles. The predicted molar refractivity (Wildman–Crippen MR) is 93.4 cm³/mol. The zero-order valence-corrected chi connectivity index (χ0v) is 15.9. The summed E-state index contributed by atoms with van der Waals surface area (Å²) in [6, 6.07) is 1.48. The molecule has 2 aromatic rings. The van der Waals surface area contributed by atoms with Crippen molar-refractivity contribution in [3.8, 4) is 0 Å². The van der Waals surface area contributed by atoms with E-state index in [9.17, 15) is 36.6 Å². The monoisotopic (exact) mass is 456 g/mol. The molecule has 0 amide bonds. The molecule has 0 aliphatic carbocycles. The Morgan fingerprint density at radius 2 is 1.90 bits per heavy atom. The Labute approximate surface area is 166 Å². The van der Waals surface area contributed by atoms with Gasteiger partial charge in [-0.15, -0.1) is 0 Å². The molecule has 2 heterocycles. The van der Waals surface area contributed by atoms with Crippen LogP contribution >= 0.6 is 7.82 Å². The molecule has 0 saturated carbocycles. The second-order valence-electron chi connectivity index (χ2n) is 6.31. The van der Waals surface area contributed by atoms with Crippen LogP contribution in [0.1, 0.15) is 26.1 Å². The van der Waals surface area contributed by atoms with Crippen molar-refractivity contribution >= 4 is 7.82 Å². The van der Waals surface area contributed by atoms with Crippen molar-refractivity contribution in [1.29, 1.82) is 0 Å². The summed E-state index contributed by atoms with van der Waals surface area (Å²) in [4.78, 5) is 34.2. The van der Waals surface area contributed by atoms with Crippen molar-refractivity contribution in [2.75, 3.05) is 6.61 Å². The lowest BCUT2D eigenvalue weighted by Crippen LogP contribution is -2.34. The van der Waals surface area contributed by atoms with Crippen molar-refractivity contribution in [1.82, 2.24) is 9.55 Å². The molecule has 3 atom stereocenters. The Kier molecular flexibility index (Phi) is 6.58. The van der Waals surface area contributed by atoms with Gasteiger partial charge in [-0.1, -0.05) is 6.07 Å². The van der Waals surface area contributed by atoms with Gasteiger partial charge in [-0.25, -0.2) is 22.5 Å². The molecule has 1 unspecified atom stereocenters. The highest BCUT2D eigenvalue weighted by atomic mass is 31.2. The van der Waals surface area contributed by atoms with Gasteiger partial charge >= 0.3 is 13.5 Å². The van der Waals surface area contributed by atoms with Gasteiger partial charge in [0.25, 0.3) is 5.56 Å². The molecule has 14 heteroatoms. The standard InChI is InChI=1S/C16H15F4N2O7P.H2/c17-10-3-1-8(13(19)14(10)20)6-27-30(25,26)28-7-9-2-4-12(29-9)22-5-11(18)15(23)21-16(22)24;/h1,3,5,9,12H,2,4,6-7H2,(H,25,26)(H,21,23,24);1H/t9-,12+;/m0./s1. The van der Waals surface area contributed by atoms with E-state index in [1.54, 1.807) is 4.98 Å². The number of phosphoric ester groups is 1. The van der Waals surface area contributed by atoms with Crippen LogP contribution in [0.2, 0.25) is 0 Å². The molecule has 1 aromatic carbocycles. The molecule has 1 fully saturated rings. The lowest BCUT2D eigenvalue weighted by Gasteiger charge is -2.17. The first-order valence-corrected chi connectivity index (χ1v) is 9.97. The highest BCUT2D eigenvalue weighted by molar-refractivity contribution is 7.47. The molecule has 2 N–H and O–H groups in total. The van der Waals surface area contributed by atoms with Gasteiger partial charge in [-0.05, 0) is 18.9 Å². The minimum atomic E-state index is -4.71. The highest BCUT2D eigenvalue weighted by Gasteiger charge is 2.31. The van der Waals surface area contributed by atoms with Crippen LogP contribution in [0.25, 0.3) is 0 Å². The number of aromatic nitrogens is 2. The van der Waals surface area contributed by atoms with Crippen LogP contribution in [0.4, 0.5) is 17.6 Å². The third-order valence-electron chi connectivity index (χ3n) is 4.24. The minimum Gasteiger partial charge on any atom is -0.352 e. The summed E-state index contributed by atoms with van der Waals surface area (Å²) in [5.41, 5.74) is -2.56. The highest BCUT2D eigenvalue weighted by Crippen LogP contribution is 2.45. The number of phosphoric acid groups is 1. The smallest absolute Gasteiger partial charge is 0.352 e. The van der Waals surface area contributed by atoms with Crippen LogP contribution in [0.3, 0.4) is 0 Å². The van der Waals surface area contributed by atoms with E-state index in [0.717, 1.165) is 10.6 Å². The molecule has 166 valence electrons. The summed E-state index contributed by atoms with van der Waals surface area (Å²) < 4.78 is 80.5. The van der Waals surface area contributed by atoms with Crippen molar-refractivity contribution < 1.29 is 42.2 Å². The zero-order valence-electron chi connectivity index (χ0n) is 15.0. The van der Waals surface area contributed by atoms with Crippen LogP contribution in [-0.4, -0.2) is 27.2 Å². The third kappa shape index (κ3) is 5.05. The van der Waals surface area contributed by atoms with Crippen LogP contribution in [0.5, 0.6) is 0 Å². The lowest BCUT2D eigenvalue weighted by atomic mass is 10.2. The van der Waals surface area contributed by atoms with Crippen molar-refractivity contribution in [3.05, 3.63) is 68.0 Å². The Bertz CT molecular complexity index is 1110. The first-order valence-electron chi connectivity index (χ1n) is 8.48. The number of nitrogens with one attached hydrogen (secondary N) is 1. The van der Waals surface area contributed by atoms with Gasteiger partial charge < -0.3 is 9.63 Å². The first-order chi connectivity index (χ1) is 14.1. The van der Waals surface area contributed by atoms with E-state index in [2.05, 4.69) is 4.52 Å². The van der Waals surface area contributed by atoms with Crippen molar-refractivity contribution in [2.24, 2.45) is 0 Å². The van der Waals surface area contributed by atoms with Gasteiger partial charge in [0.05, 0.1) is 25.5 Å². The predicted octanol–water partition coefficient (Wildman–Crippen LogP) is 2.35. The summed E-state index contributed by atoms with van der Waals surface area (Å²) in [7, 11) is -4.71. The van der Waals surface area contributed by atoms with Crippen LogP contribution < -0.4 is 11.2 Å². The van der Waals surface area contributed by atoms with Gasteiger partial charge in [-0.2, -0.15) is 4.39 Å². The number of halogens is 4. The number of H-pyrrole nitrogens is 1. The number of ether oxygens (including phenoxy) is 1. The fourth-order valence-corrected chi connectivity index (χ4v) is 3.46. The number of benzene rings is 1. The number of hydrogen-bond donors (Lipinski definition) is 2. The maximum atomic E-state index is 13.6. The number of nitrogens with zero attached hydrogens (tertiary/aromatic N) is 1. The third-order valence-corrected chi connectivity index (χ3v) is 5.17. The molecule has 1 saturated heterocycles. The molecular weight excluding hydrogens is 439 g/mol. The number of hydrogen-bond acceptors (Lipinski definition) is 6. The maximum absolute atomic E-state index is 13.6. The van der Waals surface area contributed by atoms with Crippen molar-refractivity contribution in [2.45, 2.75) is 31.8 Å². The maximum Gasteiger partial charge on any atom is 0.472 e. The minimum absolute atomic E-state index is 0. The molecule has 3 rings (SSSR count). The van der Waals surface area contributed by atoms with E-state index in [4.69, 9.17) is 9.26 Å². The molecule has 1 aliphatic heterocycles. The molecule has 30 heavy (non-hydrogen) atoms. The van der Waals surface area contributed by atoms with Gasteiger partial charge in [0, 0.05) is 6.99 Å². The molecular formula is C16H17F4N2O7P. The van der Waals surface area contributed by atoms with E-state index in [1.165, 1.54) is 0 Å². The summed E-state index contributed by atoms with van der Waals surface area (Å²) in [5, 5.41) is 0. The summed E-state index contributed by atoms with van der Waals surface area (Å²) in [6.07, 6.45) is -0.550. The molecule has 9 nitrogen and oxygen atoms in total. The largest absolute Gasteiger partial charge is 0.472 e. The average molecular weight is 456 g/mol. The van der Waals surface area contributed by atoms with Gasteiger partial charge in [0.1, 0.15) is 6.23 Å². The topological polar surface area (TPSA) is 120 Å². The van der Waals surface area contributed by atoms with E-state index in [0.29, 0.717) is 12.3 Å². The zero-order chi connectivity index (χ0) is 22.1. The van der Waals surface area contributed by atoms with Crippen LogP contribution in [-0.2, 0) is 25.0 Å². The summed E-state index contributed by atoms with van der Waals surface area (Å²) in [5.74, 6) is -5.91. The lowest BCUT2D eigenvalue weighted by molar-refractivity contribution is -0.0267. The Hall–Kier alpha value is -2.31. The van der Waals surface area contributed by atoms with Crippen molar-refractivity contribution in [3.63, 3.8) is 0 Å². The van der Waals surface area contributed by atoms with Gasteiger partial charge in [0.15, 0.2) is 17.5 Å². The molecule has 0 radical (unpaired) electrons. The fourth-order valence-electron chi connectivity index (χ4n) is 2.73. The van der Waals surface area contributed by atoms with Crippen LogP contribution in [0.15, 0.2) is 27.9 Å². The SMILES string of the molecule is O=c1[nH]c(=O)n([C@H]2CC[C@@H](COP(=O)(O)OCc3ccc(F)c(F)c3F)O2)cc1F.[HH]. The van der Waals surface area contributed by atoms with E-state index < -0.39 is 73.4 Å². The summed E-state index contributed by atoms with van der Waals surface area (Å²) in [6.45, 7) is -1.33.